The molecule has 0 unspecified atom stereocenters. The monoisotopic (exact) mass is 308 g/mol. The molecule has 0 aliphatic carbocycles. The second kappa shape index (κ2) is 5.90. The molecule has 1 aromatic rings. The molecule has 0 aromatic heterocycles. The van der Waals surface area contributed by atoms with Crippen LogP contribution in [0.2, 0.25) is 0 Å². The minimum Gasteiger partial charge on any atom is -0.271 e. The maximum Gasteiger partial charge on any atom is 0.0766 e. The molecule has 4 heteroatoms. The van der Waals surface area contributed by atoms with Crippen molar-refractivity contribution in [1.29, 1.82) is 5.26 Å². The summed E-state index contributed by atoms with van der Waals surface area (Å²) in [6, 6.07) is 10.3. The minimum absolute atomic E-state index is 0.0132. The highest BCUT2D eigenvalue weighted by molar-refractivity contribution is 8.01. The molecular formula is C17H28N2OS. The molecule has 0 saturated heterocycles. The molecular weight excluding hydrogens is 280 g/mol. The summed E-state index contributed by atoms with van der Waals surface area (Å²) in [5.74, 6) is 0. The van der Waals surface area contributed by atoms with Crippen molar-refractivity contribution in [2.45, 2.75) is 57.7 Å². The van der Waals surface area contributed by atoms with Gasteiger partial charge < -0.3 is 0 Å². The summed E-state index contributed by atoms with van der Waals surface area (Å²) in [5, 5.41) is 9.17. The first-order chi connectivity index (χ1) is 9.40. The van der Waals surface area contributed by atoms with Gasteiger partial charge in [0, 0.05) is 17.0 Å². The van der Waals surface area contributed by atoms with Gasteiger partial charge >= 0.3 is 0 Å². The van der Waals surface area contributed by atoms with Crippen molar-refractivity contribution in [3.63, 3.8) is 0 Å². The van der Waals surface area contributed by atoms with E-state index in [1.807, 2.05) is 65.8 Å². The van der Waals surface area contributed by atoms with Gasteiger partial charge in [0.1, 0.15) is 0 Å². The average molecular weight is 308 g/mol. The van der Waals surface area contributed by atoms with Gasteiger partial charge in [-0.2, -0.15) is 5.26 Å². The van der Waals surface area contributed by atoms with Crippen LogP contribution < -0.4 is 4.72 Å². The van der Waals surface area contributed by atoms with Gasteiger partial charge in [0.05, 0.1) is 11.5 Å². The Labute approximate surface area is 130 Å². The molecule has 0 fully saturated rings. The van der Waals surface area contributed by atoms with Crippen molar-refractivity contribution in [2.24, 2.45) is 0 Å². The van der Waals surface area contributed by atoms with Gasteiger partial charge in [-0.15, -0.1) is 0 Å². The number of hydrogen-bond donors (Lipinski definition) is 2. The van der Waals surface area contributed by atoms with Crippen molar-refractivity contribution < 1.29 is 4.21 Å². The number of thiol groups is 1. The lowest BCUT2D eigenvalue weighted by Gasteiger charge is -2.36. The maximum atomic E-state index is 12.7. The zero-order valence-electron chi connectivity index (χ0n) is 14.2. The third kappa shape index (κ3) is 4.15. The lowest BCUT2D eigenvalue weighted by atomic mass is 9.86. The molecule has 0 heterocycles. The van der Waals surface area contributed by atoms with E-state index in [1.165, 1.54) is 0 Å². The van der Waals surface area contributed by atoms with Crippen LogP contribution in [0.1, 0.15) is 58.7 Å². The number of benzene rings is 1. The average Bonchev–Trinajstić information content (AvgIpc) is 2.37. The van der Waals surface area contributed by atoms with Gasteiger partial charge in [-0.25, -0.2) is 0 Å². The Kier molecular flexibility index (Phi) is 5.02. The van der Waals surface area contributed by atoms with E-state index in [0.717, 1.165) is 11.1 Å². The molecule has 21 heavy (non-hydrogen) atoms. The summed E-state index contributed by atoms with van der Waals surface area (Å²) in [7, 11) is -2.45. The summed E-state index contributed by atoms with van der Waals surface area (Å²) in [5.41, 5.74) is 1.59. The van der Waals surface area contributed by atoms with Crippen molar-refractivity contribution in [2.75, 3.05) is 6.26 Å². The van der Waals surface area contributed by atoms with E-state index < -0.39 is 15.5 Å². The number of nitrogens with zero attached hydrogens (tertiary/aromatic N) is 1. The number of nitrogens with one attached hydrogen (secondary N) is 1. The summed E-state index contributed by atoms with van der Waals surface area (Å²) in [4.78, 5) is 0. The highest BCUT2D eigenvalue weighted by atomic mass is 32.3. The Morgan fingerprint density at radius 3 is 2.00 bits per heavy atom. The van der Waals surface area contributed by atoms with Gasteiger partial charge in [-0.1, -0.05) is 34.4 Å². The molecule has 1 rings (SSSR count). The topological polar surface area (TPSA) is 52.9 Å². The SMILES string of the molecule is C[C@H](N[SH](C)(=O)C(C)(C)C)c1ccc(C(C)(C)C#N)cc1. The molecule has 3 nitrogen and oxygen atoms in total. The highest BCUT2D eigenvalue weighted by Crippen LogP contribution is 2.26. The molecule has 1 atom stereocenters. The smallest absolute Gasteiger partial charge is 0.0766 e. The number of nitriles is 1. The Balaban J connectivity index is 2.94. The van der Waals surface area contributed by atoms with E-state index in [2.05, 4.69) is 10.8 Å². The van der Waals surface area contributed by atoms with Gasteiger partial charge in [0.25, 0.3) is 0 Å². The minimum atomic E-state index is -2.45. The standard InChI is InChI=1S/C17H28N2OS/c1-13(19-21(7,20)16(2,3)4)14-8-10-15(11-9-14)17(5,6)12-18/h8-11,13,21H,1-7H3,(H,19,20)/t13-/m0/s1. The molecule has 0 bridgehead atoms. The predicted molar refractivity (Wildman–Crippen MR) is 91.8 cm³/mol. The normalized spacial score (nSPS) is 15.3. The van der Waals surface area contributed by atoms with Crippen LogP contribution >= 0.6 is 0 Å². The van der Waals surface area contributed by atoms with E-state index in [4.69, 9.17) is 5.26 Å². The van der Waals surface area contributed by atoms with Crippen LogP contribution in [0, 0.1) is 11.3 Å². The third-order valence-electron chi connectivity index (χ3n) is 4.13. The van der Waals surface area contributed by atoms with Crippen molar-refractivity contribution in [3.8, 4) is 6.07 Å². The van der Waals surface area contributed by atoms with Gasteiger partial charge in [-0.3, -0.25) is 8.93 Å². The lowest BCUT2D eigenvalue weighted by molar-refractivity contribution is 0.601. The van der Waals surface area contributed by atoms with Crippen molar-refractivity contribution in [1.82, 2.24) is 4.72 Å². The summed E-state index contributed by atoms with van der Waals surface area (Å²) < 4.78 is 15.8. The van der Waals surface area contributed by atoms with Gasteiger partial charge in [-0.05, 0) is 52.7 Å². The Morgan fingerprint density at radius 1 is 1.14 bits per heavy atom. The zero-order chi connectivity index (χ0) is 16.5. The molecule has 0 amide bonds. The number of hydrogen-bond acceptors (Lipinski definition) is 2. The van der Waals surface area contributed by atoms with E-state index in [0.29, 0.717) is 0 Å². The van der Waals surface area contributed by atoms with E-state index >= 15 is 0 Å². The van der Waals surface area contributed by atoms with Crippen LogP contribution in [0.4, 0.5) is 0 Å². The van der Waals surface area contributed by atoms with Crippen molar-refractivity contribution >= 4 is 10.1 Å². The first-order valence-corrected chi connectivity index (χ1v) is 9.43. The molecule has 0 saturated carbocycles. The highest BCUT2D eigenvalue weighted by Gasteiger charge is 2.27. The van der Waals surface area contributed by atoms with Crippen LogP contribution in [0.5, 0.6) is 0 Å². The fraction of sp³-hybridized carbons (Fsp3) is 0.588. The van der Waals surface area contributed by atoms with Crippen molar-refractivity contribution in [3.05, 3.63) is 35.4 Å². The van der Waals surface area contributed by atoms with Crippen LogP contribution in [0.15, 0.2) is 24.3 Å². The van der Waals surface area contributed by atoms with Crippen LogP contribution in [0.25, 0.3) is 0 Å². The Hall–Kier alpha value is -1.18. The molecule has 0 radical (unpaired) electrons. The molecule has 1 aromatic carbocycles. The largest absolute Gasteiger partial charge is 0.271 e. The van der Waals surface area contributed by atoms with Crippen LogP contribution in [-0.2, 0) is 15.5 Å². The molecule has 0 aliphatic heterocycles. The van der Waals surface area contributed by atoms with E-state index in [9.17, 15) is 4.21 Å². The van der Waals surface area contributed by atoms with E-state index in [1.54, 1.807) is 6.26 Å². The number of rotatable bonds is 4. The summed E-state index contributed by atoms with van der Waals surface area (Å²) in [6.45, 7) is 11.8. The first-order valence-electron chi connectivity index (χ1n) is 7.28. The summed E-state index contributed by atoms with van der Waals surface area (Å²) in [6.07, 6.45) is 1.80. The summed E-state index contributed by atoms with van der Waals surface area (Å²) >= 11 is 0. The fourth-order valence-corrected chi connectivity index (χ4v) is 3.17. The zero-order valence-corrected chi connectivity index (χ0v) is 15.1. The first kappa shape index (κ1) is 17.9. The Bertz CT molecular complexity index is 576. The fourth-order valence-electron chi connectivity index (χ4n) is 1.89. The molecule has 0 spiro atoms. The predicted octanol–water partition coefficient (Wildman–Crippen LogP) is 3.50. The van der Waals surface area contributed by atoms with Crippen LogP contribution in [-0.4, -0.2) is 15.2 Å². The second-order valence-corrected chi connectivity index (χ2v) is 10.8. The second-order valence-electron chi connectivity index (χ2n) is 7.30. The molecule has 0 aliphatic rings. The quantitative estimate of drug-likeness (QED) is 0.837. The maximum absolute atomic E-state index is 12.7. The molecule has 118 valence electrons. The Morgan fingerprint density at radius 2 is 1.62 bits per heavy atom. The molecule has 1 N–H and O–H groups in total. The third-order valence-corrected chi connectivity index (χ3v) is 7.57. The lowest BCUT2D eigenvalue weighted by Crippen LogP contribution is -2.46. The van der Waals surface area contributed by atoms with E-state index in [-0.39, 0.29) is 10.8 Å². The van der Waals surface area contributed by atoms with Crippen LogP contribution in [0.3, 0.4) is 0 Å². The van der Waals surface area contributed by atoms with Gasteiger partial charge in [0.2, 0.25) is 0 Å². The van der Waals surface area contributed by atoms with Gasteiger partial charge in [0.15, 0.2) is 0 Å².